The maximum Gasteiger partial charge on any atom is 0.283 e. The van der Waals surface area contributed by atoms with Crippen molar-refractivity contribution in [2.24, 2.45) is 0 Å². The summed E-state index contributed by atoms with van der Waals surface area (Å²) in [4.78, 5) is 10.7. The van der Waals surface area contributed by atoms with Gasteiger partial charge in [0.1, 0.15) is 17.3 Å². The summed E-state index contributed by atoms with van der Waals surface area (Å²) >= 11 is 0. The van der Waals surface area contributed by atoms with E-state index in [1.54, 1.807) is 30.3 Å². The van der Waals surface area contributed by atoms with Crippen molar-refractivity contribution in [1.82, 2.24) is 10.2 Å². The molecule has 0 fully saturated rings. The predicted octanol–water partition coefficient (Wildman–Crippen LogP) is 4.78. The molecule has 8 nitrogen and oxygen atoms in total. The van der Waals surface area contributed by atoms with Gasteiger partial charge in [-0.3, -0.25) is 10.1 Å². The number of furan rings is 2. The Balaban J connectivity index is 1.70. The number of benzene rings is 1. The van der Waals surface area contributed by atoms with Crippen LogP contribution in [0.3, 0.4) is 0 Å². The van der Waals surface area contributed by atoms with Gasteiger partial charge in [0.15, 0.2) is 5.76 Å². The molecule has 0 aliphatic rings. The SMILES string of the molecule is Cc1cc(-c2nnc(-c3ccc(-c4ccccc4[N+](=O)[O-])o3)o2)c(C)o1. The van der Waals surface area contributed by atoms with Crippen molar-refractivity contribution in [3.63, 3.8) is 0 Å². The van der Waals surface area contributed by atoms with E-state index in [1.165, 1.54) is 6.07 Å². The molecule has 1 aromatic carbocycles. The zero-order valence-electron chi connectivity index (χ0n) is 13.9. The molecule has 4 aromatic rings. The summed E-state index contributed by atoms with van der Waals surface area (Å²) in [6.07, 6.45) is 0. The largest absolute Gasteiger partial charge is 0.466 e. The first kappa shape index (κ1) is 15.8. The molecule has 26 heavy (non-hydrogen) atoms. The molecule has 0 amide bonds. The van der Waals surface area contributed by atoms with Crippen LogP contribution < -0.4 is 0 Å². The molecule has 3 aromatic heterocycles. The van der Waals surface area contributed by atoms with Crippen LogP contribution in [0.15, 0.2) is 55.7 Å². The van der Waals surface area contributed by atoms with Crippen LogP contribution in [0.4, 0.5) is 5.69 Å². The molecule has 8 heteroatoms. The first-order chi connectivity index (χ1) is 12.5. The number of aryl methyl sites for hydroxylation is 2. The van der Waals surface area contributed by atoms with Gasteiger partial charge in [0.25, 0.3) is 17.5 Å². The van der Waals surface area contributed by atoms with Crippen LogP contribution >= 0.6 is 0 Å². The third-order valence-corrected chi connectivity index (χ3v) is 3.88. The fourth-order valence-electron chi connectivity index (χ4n) is 2.71. The molecular formula is C18H13N3O5. The Hall–Kier alpha value is -3.68. The Morgan fingerprint density at radius 2 is 1.62 bits per heavy atom. The topological polar surface area (TPSA) is 108 Å². The van der Waals surface area contributed by atoms with Crippen molar-refractivity contribution in [2.75, 3.05) is 0 Å². The van der Waals surface area contributed by atoms with E-state index < -0.39 is 4.92 Å². The van der Waals surface area contributed by atoms with E-state index in [0.717, 1.165) is 5.76 Å². The number of rotatable bonds is 4. The second kappa shape index (κ2) is 5.99. The number of hydrogen-bond acceptors (Lipinski definition) is 7. The molecule has 0 bridgehead atoms. The molecule has 0 saturated carbocycles. The number of nitrogens with zero attached hydrogens (tertiary/aromatic N) is 3. The van der Waals surface area contributed by atoms with Gasteiger partial charge < -0.3 is 13.3 Å². The Morgan fingerprint density at radius 1 is 0.885 bits per heavy atom. The molecular weight excluding hydrogens is 338 g/mol. The third-order valence-electron chi connectivity index (χ3n) is 3.88. The van der Waals surface area contributed by atoms with Crippen molar-refractivity contribution >= 4 is 5.69 Å². The maximum absolute atomic E-state index is 11.2. The summed E-state index contributed by atoms with van der Waals surface area (Å²) in [6, 6.07) is 11.4. The van der Waals surface area contributed by atoms with Crippen molar-refractivity contribution in [3.8, 4) is 34.4 Å². The molecule has 0 N–H and O–H groups in total. The van der Waals surface area contributed by atoms with Gasteiger partial charge >= 0.3 is 0 Å². The molecule has 0 radical (unpaired) electrons. The van der Waals surface area contributed by atoms with Gasteiger partial charge in [-0.15, -0.1) is 10.2 Å². The van der Waals surface area contributed by atoms with Crippen LogP contribution in [-0.4, -0.2) is 15.1 Å². The van der Waals surface area contributed by atoms with Gasteiger partial charge in [0, 0.05) is 6.07 Å². The fourth-order valence-corrected chi connectivity index (χ4v) is 2.71. The van der Waals surface area contributed by atoms with E-state index in [4.69, 9.17) is 13.3 Å². The van der Waals surface area contributed by atoms with E-state index in [1.807, 2.05) is 19.9 Å². The summed E-state index contributed by atoms with van der Waals surface area (Å²) in [5, 5.41) is 19.2. The van der Waals surface area contributed by atoms with E-state index in [0.29, 0.717) is 34.3 Å². The van der Waals surface area contributed by atoms with Gasteiger partial charge in [-0.1, -0.05) is 12.1 Å². The molecule has 130 valence electrons. The second-order valence-electron chi connectivity index (χ2n) is 5.68. The van der Waals surface area contributed by atoms with Crippen LogP contribution in [-0.2, 0) is 0 Å². The molecule has 0 unspecified atom stereocenters. The maximum atomic E-state index is 11.2. The number of hydrogen-bond donors (Lipinski definition) is 0. The second-order valence-corrected chi connectivity index (χ2v) is 5.68. The summed E-state index contributed by atoms with van der Waals surface area (Å²) < 4.78 is 16.8. The minimum absolute atomic E-state index is 0.0379. The van der Waals surface area contributed by atoms with Gasteiger partial charge in [-0.25, -0.2) is 0 Å². The van der Waals surface area contributed by atoms with Crippen LogP contribution in [0, 0.1) is 24.0 Å². The summed E-state index contributed by atoms with van der Waals surface area (Å²) in [6.45, 7) is 3.64. The molecule has 3 heterocycles. The molecule has 0 aliphatic carbocycles. The first-order valence-corrected chi connectivity index (χ1v) is 7.78. The third kappa shape index (κ3) is 2.67. The predicted molar refractivity (Wildman–Crippen MR) is 91.3 cm³/mol. The van der Waals surface area contributed by atoms with Crippen molar-refractivity contribution < 1.29 is 18.2 Å². The van der Waals surface area contributed by atoms with Crippen LogP contribution in [0.1, 0.15) is 11.5 Å². The molecule has 0 saturated heterocycles. The van der Waals surface area contributed by atoms with E-state index in [-0.39, 0.29) is 11.6 Å². The quantitative estimate of drug-likeness (QED) is 0.384. The zero-order valence-corrected chi connectivity index (χ0v) is 13.9. The van der Waals surface area contributed by atoms with E-state index >= 15 is 0 Å². The minimum atomic E-state index is -0.452. The Labute approximate surface area is 147 Å². The number of aromatic nitrogens is 2. The average molecular weight is 351 g/mol. The number of nitro benzene ring substituents is 1. The normalized spacial score (nSPS) is 11.0. The van der Waals surface area contributed by atoms with E-state index in [2.05, 4.69) is 10.2 Å². The summed E-state index contributed by atoms with van der Waals surface area (Å²) in [5.74, 6) is 2.60. The monoisotopic (exact) mass is 351 g/mol. The smallest absolute Gasteiger partial charge is 0.283 e. The lowest BCUT2D eigenvalue weighted by molar-refractivity contribution is -0.384. The molecule has 4 rings (SSSR count). The standard InChI is InChI=1S/C18H13N3O5/c1-10-9-13(11(2)24-10)17-19-20-18(26-17)16-8-7-15(25-16)12-5-3-4-6-14(12)21(22)23/h3-9H,1-2H3. The molecule has 0 atom stereocenters. The minimum Gasteiger partial charge on any atom is -0.466 e. The summed E-state index contributed by atoms with van der Waals surface area (Å²) in [7, 11) is 0. The average Bonchev–Trinajstić information content (AvgIpc) is 3.33. The first-order valence-electron chi connectivity index (χ1n) is 7.78. The van der Waals surface area contributed by atoms with Crippen LogP contribution in [0.25, 0.3) is 34.4 Å². The Morgan fingerprint density at radius 3 is 2.35 bits per heavy atom. The van der Waals surface area contributed by atoms with E-state index in [9.17, 15) is 10.1 Å². The number of para-hydroxylation sites is 1. The Kier molecular flexibility index (Phi) is 3.65. The van der Waals surface area contributed by atoms with Crippen LogP contribution in [0.2, 0.25) is 0 Å². The highest BCUT2D eigenvalue weighted by Gasteiger charge is 2.21. The van der Waals surface area contributed by atoms with Gasteiger partial charge in [-0.2, -0.15) is 0 Å². The highest BCUT2D eigenvalue weighted by Crippen LogP contribution is 2.34. The van der Waals surface area contributed by atoms with Crippen molar-refractivity contribution in [2.45, 2.75) is 13.8 Å². The van der Waals surface area contributed by atoms with Crippen molar-refractivity contribution in [3.05, 3.63) is 64.1 Å². The van der Waals surface area contributed by atoms with Gasteiger partial charge in [-0.05, 0) is 38.1 Å². The Bertz CT molecular complexity index is 1110. The lowest BCUT2D eigenvalue weighted by Gasteiger charge is -1.98. The summed E-state index contributed by atoms with van der Waals surface area (Å²) in [5.41, 5.74) is 1.06. The molecule has 0 spiro atoms. The van der Waals surface area contributed by atoms with Crippen molar-refractivity contribution in [1.29, 1.82) is 0 Å². The highest BCUT2D eigenvalue weighted by molar-refractivity contribution is 5.71. The zero-order chi connectivity index (χ0) is 18.3. The van der Waals surface area contributed by atoms with Gasteiger partial charge in [0.05, 0.1) is 16.1 Å². The lowest BCUT2D eigenvalue weighted by Crippen LogP contribution is -1.90. The van der Waals surface area contributed by atoms with Crippen LogP contribution in [0.5, 0.6) is 0 Å². The fraction of sp³-hybridized carbons (Fsp3) is 0.111. The highest BCUT2D eigenvalue weighted by atomic mass is 16.6. The molecule has 0 aliphatic heterocycles. The number of nitro groups is 1. The lowest BCUT2D eigenvalue weighted by atomic mass is 10.1. The van der Waals surface area contributed by atoms with Gasteiger partial charge in [0.2, 0.25) is 0 Å².